The molecule has 2 aromatic carbocycles. The third-order valence-corrected chi connectivity index (χ3v) is 3.93. The molecule has 0 atom stereocenters. The summed E-state index contributed by atoms with van der Waals surface area (Å²) in [5.41, 5.74) is 3.44. The van der Waals surface area contributed by atoms with Crippen LogP contribution in [0.4, 0.5) is 0 Å². The van der Waals surface area contributed by atoms with Crippen molar-refractivity contribution in [1.29, 1.82) is 0 Å². The molecule has 152 valence electrons. The lowest BCUT2D eigenvalue weighted by Gasteiger charge is -2.08. The first-order valence-electron chi connectivity index (χ1n) is 8.84. The Labute approximate surface area is 167 Å². The van der Waals surface area contributed by atoms with Crippen molar-refractivity contribution in [3.05, 3.63) is 65.9 Å². The molecule has 1 aromatic heterocycles. The fourth-order valence-corrected chi connectivity index (χ4v) is 2.58. The maximum Gasteiger partial charge on any atom is 0.414 e. The Morgan fingerprint density at radius 2 is 1.76 bits per heavy atom. The van der Waals surface area contributed by atoms with Crippen LogP contribution < -0.4 is 10.1 Å². The van der Waals surface area contributed by atoms with Gasteiger partial charge in [-0.2, -0.15) is 0 Å². The highest BCUT2D eigenvalue weighted by molar-refractivity contribution is 6.27. The summed E-state index contributed by atoms with van der Waals surface area (Å²) in [7, 11) is 0. The van der Waals surface area contributed by atoms with Crippen molar-refractivity contribution >= 4 is 28.7 Å². The first-order valence-corrected chi connectivity index (χ1v) is 8.84. The summed E-state index contributed by atoms with van der Waals surface area (Å²) in [5.74, 6) is -3.03. The molecule has 8 nitrogen and oxygen atoms in total. The zero-order chi connectivity index (χ0) is 21.2. The summed E-state index contributed by atoms with van der Waals surface area (Å²) in [6.07, 6.45) is 2.79. The van der Waals surface area contributed by atoms with Gasteiger partial charge in [-0.25, -0.2) is 9.59 Å². The number of nitrogens with one attached hydrogen (secondary N) is 2. The number of carboxylic acid groups (broad SMARTS) is 2. The van der Waals surface area contributed by atoms with Gasteiger partial charge in [-0.15, -0.1) is 0 Å². The Morgan fingerprint density at radius 3 is 2.45 bits per heavy atom. The second-order valence-corrected chi connectivity index (χ2v) is 6.17. The summed E-state index contributed by atoms with van der Waals surface area (Å²) in [5, 5.41) is 18.9. The van der Waals surface area contributed by atoms with Gasteiger partial charge in [-0.1, -0.05) is 30.3 Å². The fraction of sp³-hybridized carbons (Fsp3) is 0.190. The maximum atomic E-state index is 11.8. The fourth-order valence-electron chi connectivity index (χ4n) is 2.58. The van der Waals surface area contributed by atoms with Gasteiger partial charge in [0.2, 0.25) is 0 Å². The predicted molar refractivity (Wildman–Crippen MR) is 107 cm³/mol. The van der Waals surface area contributed by atoms with Crippen molar-refractivity contribution in [1.82, 2.24) is 10.3 Å². The van der Waals surface area contributed by atoms with Crippen molar-refractivity contribution < 1.29 is 29.3 Å². The molecule has 3 aromatic rings. The first-order chi connectivity index (χ1) is 13.9. The molecule has 0 fully saturated rings. The summed E-state index contributed by atoms with van der Waals surface area (Å²) >= 11 is 0. The number of aliphatic carboxylic acids is 2. The third-order valence-electron chi connectivity index (χ3n) is 3.93. The highest BCUT2D eigenvalue weighted by atomic mass is 16.5. The second-order valence-electron chi connectivity index (χ2n) is 6.17. The number of amides is 1. The lowest BCUT2D eigenvalue weighted by molar-refractivity contribution is -0.159. The van der Waals surface area contributed by atoms with E-state index in [-0.39, 0.29) is 12.5 Å². The number of para-hydroxylation sites is 1. The van der Waals surface area contributed by atoms with Crippen LogP contribution in [0.1, 0.15) is 11.1 Å². The zero-order valence-corrected chi connectivity index (χ0v) is 15.8. The van der Waals surface area contributed by atoms with Gasteiger partial charge in [-0.05, 0) is 42.7 Å². The lowest BCUT2D eigenvalue weighted by Crippen LogP contribution is -2.30. The van der Waals surface area contributed by atoms with Crippen LogP contribution in [-0.2, 0) is 20.8 Å². The quantitative estimate of drug-likeness (QED) is 0.472. The highest BCUT2D eigenvalue weighted by Crippen LogP contribution is 2.17. The summed E-state index contributed by atoms with van der Waals surface area (Å²) in [6.45, 7) is 2.63. The van der Waals surface area contributed by atoms with Crippen LogP contribution in [0.5, 0.6) is 5.75 Å². The Balaban J connectivity index is 0.000000438. The molecule has 4 N–H and O–H groups in total. The number of carbonyl (C=O) groups excluding carboxylic acids is 1. The molecule has 0 radical (unpaired) electrons. The Kier molecular flexibility index (Phi) is 7.78. The van der Waals surface area contributed by atoms with E-state index in [9.17, 15) is 4.79 Å². The van der Waals surface area contributed by atoms with Crippen molar-refractivity contribution in [3.8, 4) is 5.75 Å². The molecule has 0 aliphatic carbocycles. The van der Waals surface area contributed by atoms with Gasteiger partial charge in [0, 0.05) is 23.6 Å². The molecule has 0 spiro atoms. The van der Waals surface area contributed by atoms with E-state index < -0.39 is 11.9 Å². The molecule has 1 heterocycles. The predicted octanol–water partition coefficient (Wildman–Crippen LogP) is 2.37. The molecule has 1 amide bonds. The van der Waals surface area contributed by atoms with Crippen LogP contribution in [0.2, 0.25) is 0 Å². The number of H-pyrrole nitrogens is 1. The number of carbonyl (C=O) groups is 3. The largest absolute Gasteiger partial charge is 0.484 e. The summed E-state index contributed by atoms with van der Waals surface area (Å²) in [4.78, 5) is 33.3. The molecule has 8 heteroatoms. The van der Waals surface area contributed by atoms with Gasteiger partial charge >= 0.3 is 11.9 Å². The van der Waals surface area contributed by atoms with E-state index in [0.29, 0.717) is 6.54 Å². The molecule has 0 saturated carbocycles. The van der Waals surface area contributed by atoms with Crippen LogP contribution in [0.15, 0.2) is 54.7 Å². The van der Waals surface area contributed by atoms with Crippen LogP contribution in [0.25, 0.3) is 10.9 Å². The molecular formula is C21H22N2O6. The minimum atomic E-state index is -1.82. The van der Waals surface area contributed by atoms with E-state index >= 15 is 0 Å². The number of hydrogen-bond acceptors (Lipinski definition) is 4. The van der Waals surface area contributed by atoms with Gasteiger partial charge in [0.15, 0.2) is 6.61 Å². The number of benzene rings is 2. The molecule has 0 aliphatic heterocycles. The molecule has 0 saturated heterocycles. The van der Waals surface area contributed by atoms with Gasteiger partial charge in [0.05, 0.1) is 0 Å². The third kappa shape index (κ3) is 7.02. The lowest BCUT2D eigenvalue weighted by atomic mass is 10.1. The number of aromatic nitrogens is 1. The molecule has 0 bridgehead atoms. The molecule has 3 rings (SSSR count). The smallest absolute Gasteiger partial charge is 0.414 e. The molecule has 0 aliphatic rings. The van der Waals surface area contributed by atoms with Crippen LogP contribution in [-0.4, -0.2) is 46.2 Å². The van der Waals surface area contributed by atoms with E-state index in [1.165, 1.54) is 10.9 Å². The number of ether oxygens (including phenoxy) is 1. The average Bonchev–Trinajstić information content (AvgIpc) is 3.10. The Bertz CT molecular complexity index is 984. The SMILES string of the molecule is Cc1cccc(OCC(=O)NCCc2c[nH]c3ccccc23)c1.O=C(O)C(=O)O. The van der Waals surface area contributed by atoms with Crippen LogP contribution in [0.3, 0.4) is 0 Å². The zero-order valence-electron chi connectivity index (χ0n) is 15.8. The maximum absolute atomic E-state index is 11.8. The monoisotopic (exact) mass is 398 g/mol. The number of rotatable bonds is 6. The van der Waals surface area contributed by atoms with Crippen molar-refractivity contribution in [2.24, 2.45) is 0 Å². The van der Waals surface area contributed by atoms with Gasteiger partial charge < -0.3 is 25.3 Å². The highest BCUT2D eigenvalue weighted by Gasteiger charge is 2.06. The van der Waals surface area contributed by atoms with E-state index in [1.54, 1.807) is 0 Å². The summed E-state index contributed by atoms with van der Waals surface area (Å²) in [6, 6.07) is 15.8. The standard InChI is InChI=1S/C19H20N2O2.C2H2O4/c1-14-5-4-6-16(11-14)23-13-19(22)20-10-9-15-12-21-18-8-3-2-7-17(15)18;3-1(4)2(5)6/h2-8,11-12,21H,9-10,13H2,1H3,(H,20,22);(H,3,4)(H,5,6). The van der Waals surface area contributed by atoms with Gasteiger partial charge in [0.1, 0.15) is 5.75 Å². The normalized spacial score (nSPS) is 9.97. The van der Waals surface area contributed by atoms with Crippen LogP contribution >= 0.6 is 0 Å². The summed E-state index contributed by atoms with van der Waals surface area (Å²) < 4.78 is 5.49. The van der Waals surface area contributed by atoms with E-state index in [4.69, 9.17) is 24.5 Å². The second kappa shape index (κ2) is 10.5. The van der Waals surface area contributed by atoms with E-state index in [1.807, 2.05) is 55.6 Å². The van der Waals surface area contributed by atoms with E-state index in [0.717, 1.165) is 23.3 Å². The van der Waals surface area contributed by atoms with E-state index in [2.05, 4.69) is 16.4 Å². The van der Waals surface area contributed by atoms with Crippen molar-refractivity contribution in [2.45, 2.75) is 13.3 Å². The molecule has 29 heavy (non-hydrogen) atoms. The Hall–Kier alpha value is -3.81. The van der Waals surface area contributed by atoms with Crippen LogP contribution in [0, 0.1) is 6.92 Å². The molecular weight excluding hydrogens is 376 g/mol. The number of fused-ring (bicyclic) bond motifs is 1. The number of aryl methyl sites for hydroxylation is 1. The van der Waals surface area contributed by atoms with Gasteiger partial charge in [0.25, 0.3) is 5.91 Å². The topological polar surface area (TPSA) is 129 Å². The number of carboxylic acids is 2. The minimum Gasteiger partial charge on any atom is -0.484 e. The number of aromatic amines is 1. The van der Waals surface area contributed by atoms with Crippen molar-refractivity contribution in [3.63, 3.8) is 0 Å². The van der Waals surface area contributed by atoms with Crippen molar-refractivity contribution in [2.75, 3.05) is 13.2 Å². The Morgan fingerprint density at radius 1 is 1.03 bits per heavy atom. The van der Waals surface area contributed by atoms with Gasteiger partial charge in [-0.3, -0.25) is 4.79 Å². The first kappa shape index (κ1) is 21.5. The number of hydrogen-bond donors (Lipinski definition) is 4. The minimum absolute atomic E-state index is 0.0390. The molecule has 0 unspecified atom stereocenters. The average molecular weight is 398 g/mol.